The van der Waals surface area contributed by atoms with Gasteiger partial charge in [0, 0.05) is 24.7 Å². The summed E-state index contributed by atoms with van der Waals surface area (Å²) >= 11 is 11.7. The van der Waals surface area contributed by atoms with Gasteiger partial charge in [-0.3, -0.25) is 4.79 Å². The van der Waals surface area contributed by atoms with Gasteiger partial charge < -0.3 is 15.3 Å². The van der Waals surface area contributed by atoms with E-state index in [0.29, 0.717) is 41.7 Å². The van der Waals surface area contributed by atoms with Crippen LogP contribution < -0.4 is 5.32 Å². The molecule has 1 aromatic rings. The van der Waals surface area contributed by atoms with Crippen molar-refractivity contribution in [2.24, 2.45) is 5.92 Å². The quantitative estimate of drug-likeness (QED) is 0.879. The zero-order chi connectivity index (χ0) is 14.7. The van der Waals surface area contributed by atoms with Crippen molar-refractivity contribution in [3.05, 3.63) is 28.2 Å². The van der Waals surface area contributed by atoms with Crippen molar-refractivity contribution >= 4 is 40.9 Å². The number of carbonyl (C=O) groups is 2. The summed E-state index contributed by atoms with van der Waals surface area (Å²) in [6.45, 7) is 0.767. The van der Waals surface area contributed by atoms with Crippen LogP contribution in [0.1, 0.15) is 12.8 Å². The van der Waals surface area contributed by atoms with E-state index in [1.165, 1.54) is 4.90 Å². The van der Waals surface area contributed by atoms with Crippen molar-refractivity contribution in [1.82, 2.24) is 4.90 Å². The van der Waals surface area contributed by atoms with Gasteiger partial charge in [-0.2, -0.15) is 0 Å². The van der Waals surface area contributed by atoms with Crippen molar-refractivity contribution < 1.29 is 14.7 Å². The van der Waals surface area contributed by atoms with Gasteiger partial charge in [0.15, 0.2) is 0 Å². The van der Waals surface area contributed by atoms with Crippen molar-refractivity contribution in [2.75, 3.05) is 18.4 Å². The van der Waals surface area contributed by atoms with E-state index in [9.17, 15) is 9.59 Å². The fourth-order valence-corrected chi connectivity index (χ4v) is 2.45. The minimum absolute atomic E-state index is 0.117. The molecule has 108 valence electrons. The Kier molecular flexibility index (Phi) is 4.73. The molecule has 1 heterocycles. The summed E-state index contributed by atoms with van der Waals surface area (Å²) in [6, 6.07) is 4.89. The molecule has 0 spiro atoms. The fraction of sp³-hybridized carbons (Fsp3) is 0.385. The highest BCUT2D eigenvalue weighted by molar-refractivity contribution is 6.42. The van der Waals surface area contributed by atoms with E-state index in [1.54, 1.807) is 18.2 Å². The Labute approximate surface area is 126 Å². The Bertz CT molecular complexity index is 528. The summed E-state index contributed by atoms with van der Waals surface area (Å²) in [6.07, 6.45) is 0.118. The van der Waals surface area contributed by atoms with Crippen LogP contribution >= 0.6 is 23.2 Å². The second-order valence-electron chi connectivity index (χ2n) is 4.66. The van der Waals surface area contributed by atoms with Gasteiger partial charge in [0.05, 0.1) is 10.0 Å². The Balaban J connectivity index is 1.92. The maximum absolute atomic E-state index is 12.1. The van der Waals surface area contributed by atoms with E-state index in [0.717, 1.165) is 0 Å². The lowest BCUT2D eigenvalue weighted by molar-refractivity contribution is -0.121. The number of piperidine rings is 1. The van der Waals surface area contributed by atoms with Crippen LogP contribution in [-0.4, -0.2) is 35.1 Å². The van der Waals surface area contributed by atoms with E-state index < -0.39 is 6.09 Å². The number of carbonyl (C=O) groups excluding carboxylic acids is 1. The molecule has 0 bridgehead atoms. The van der Waals surface area contributed by atoms with Crippen molar-refractivity contribution in [3.8, 4) is 0 Å². The van der Waals surface area contributed by atoms with Crippen LogP contribution in [0.25, 0.3) is 0 Å². The number of nitrogens with zero attached hydrogens (tertiary/aromatic N) is 1. The molecule has 0 unspecified atom stereocenters. The lowest BCUT2D eigenvalue weighted by Crippen LogP contribution is -2.40. The third-order valence-corrected chi connectivity index (χ3v) is 4.06. The zero-order valence-electron chi connectivity index (χ0n) is 10.6. The molecule has 20 heavy (non-hydrogen) atoms. The van der Waals surface area contributed by atoms with Gasteiger partial charge in [-0.15, -0.1) is 0 Å². The molecule has 0 aromatic heterocycles. The number of likely N-dealkylation sites (tertiary alicyclic amines) is 1. The first-order valence-corrected chi connectivity index (χ1v) is 6.97. The summed E-state index contributed by atoms with van der Waals surface area (Å²) in [5.41, 5.74) is 0.588. The van der Waals surface area contributed by atoms with Gasteiger partial charge in [-0.25, -0.2) is 4.79 Å². The smallest absolute Gasteiger partial charge is 0.407 e. The summed E-state index contributed by atoms with van der Waals surface area (Å²) in [7, 11) is 0. The molecule has 0 aliphatic carbocycles. The number of benzene rings is 1. The van der Waals surface area contributed by atoms with Crippen LogP contribution in [0.5, 0.6) is 0 Å². The molecule has 5 nitrogen and oxygen atoms in total. The Morgan fingerprint density at radius 1 is 1.20 bits per heavy atom. The predicted octanol–water partition coefficient (Wildman–Crippen LogP) is 3.32. The molecular formula is C13H14Cl2N2O3. The Morgan fingerprint density at radius 2 is 1.85 bits per heavy atom. The fourth-order valence-electron chi connectivity index (χ4n) is 2.15. The lowest BCUT2D eigenvalue weighted by Gasteiger charge is -2.29. The monoisotopic (exact) mass is 316 g/mol. The number of hydrogen-bond donors (Lipinski definition) is 2. The molecule has 2 N–H and O–H groups in total. The van der Waals surface area contributed by atoms with Crippen LogP contribution in [0, 0.1) is 5.92 Å². The summed E-state index contributed by atoms with van der Waals surface area (Å²) in [5, 5.41) is 12.4. The van der Waals surface area contributed by atoms with Crippen LogP contribution in [0.15, 0.2) is 18.2 Å². The Hall–Kier alpha value is -1.46. The minimum atomic E-state index is -0.937. The van der Waals surface area contributed by atoms with E-state index in [1.807, 2.05) is 0 Å². The highest BCUT2D eigenvalue weighted by Crippen LogP contribution is 2.26. The highest BCUT2D eigenvalue weighted by Gasteiger charge is 2.27. The number of nitrogens with one attached hydrogen (secondary N) is 1. The van der Waals surface area contributed by atoms with Gasteiger partial charge in [0.1, 0.15) is 0 Å². The van der Waals surface area contributed by atoms with Crippen LogP contribution in [0.3, 0.4) is 0 Å². The average Bonchev–Trinajstić information content (AvgIpc) is 2.43. The van der Waals surface area contributed by atoms with Gasteiger partial charge in [0.2, 0.25) is 5.91 Å². The predicted molar refractivity (Wildman–Crippen MR) is 77.4 cm³/mol. The van der Waals surface area contributed by atoms with Gasteiger partial charge in [0.25, 0.3) is 0 Å². The summed E-state index contributed by atoms with van der Waals surface area (Å²) < 4.78 is 0. The van der Waals surface area contributed by atoms with Crippen LogP contribution in [-0.2, 0) is 4.79 Å². The maximum Gasteiger partial charge on any atom is 0.407 e. The normalized spacial score (nSPS) is 16.0. The number of carboxylic acid groups (broad SMARTS) is 1. The van der Waals surface area contributed by atoms with Gasteiger partial charge in [-0.1, -0.05) is 23.2 Å². The number of anilines is 1. The average molecular weight is 317 g/mol. The van der Waals surface area contributed by atoms with Crippen molar-refractivity contribution in [1.29, 1.82) is 0 Å². The first-order valence-electron chi connectivity index (χ1n) is 6.21. The van der Waals surface area contributed by atoms with Crippen LogP contribution in [0.2, 0.25) is 10.0 Å². The maximum atomic E-state index is 12.1. The van der Waals surface area contributed by atoms with E-state index in [4.69, 9.17) is 28.3 Å². The second-order valence-corrected chi connectivity index (χ2v) is 5.48. The molecule has 2 amide bonds. The molecule has 1 fully saturated rings. The van der Waals surface area contributed by atoms with Gasteiger partial charge in [-0.05, 0) is 31.0 Å². The van der Waals surface area contributed by atoms with E-state index >= 15 is 0 Å². The third kappa shape index (κ3) is 3.55. The first-order chi connectivity index (χ1) is 9.47. The highest BCUT2D eigenvalue weighted by atomic mass is 35.5. The SMILES string of the molecule is O=C(Nc1ccc(Cl)c(Cl)c1)C1CCN(C(=O)O)CC1. The lowest BCUT2D eigenvalue weighted by atomic mass is 9.96. The standard InChI is InChI=1S/C13H14Cl2N2O3/c14-10-2-1-9(7-11(10)15)16-12(18)8-3-5-17(6-4-8)13(19)20/h1-2,7-8H,3-6H2,(H,16,18)(H,19,20). The largest absolute Gasteiger partial charge is 0.465 e. The molecule has 2 rings (SSSR count). The molecule has 7 heteroatoms. The number of hydrogen-bond acceptors (Lipinski definition) is 2. The molecule has 1 aliphatic rings. The van der Waals surface area contributed by atoms with Crippen molar-refractivity contribution in [2.45, 2.75) is 12.8 Å². The van der Waals surface area contributed by atoms with E-state index in [2.05, 4.69) is 5.32 Å². The molecule has 0 saturated carbocycles. The second kappa shape index (κ2) is 6.33. The van der Waals surface area contributed by atoms with Crippen LogP contribution in [0.4, 0.5) is 10.5 Å². The van der Waals surface area contributed by atoms with E-state index in [-0.39, 0.29) is 11.8 Å². The molecule has 0 atom stereocenters. The molecule has 1 aliphatic heterocycles. The summed E-state index contributed by atoms with van der Waals surface area (Å²) in [5.74, 6) is -0.298. The minimum Gasteiger partial charge on any atom is -0.465 e. The molecule has 1 aromatic carbocycles. The number of amides is 2. The summed E-state index contributed by atoms with van der Waals surface area (Å²) in [4.78, 5) is 24.2. The zero-order valence-corrected chi connectivity index (χ0v) is 12.1. The first kappa shape index (κ1) is 14.9. The topological polar surface area (TPSA) is 69.6 Å². The molecule has 1 saturated heterocycles. The number of halogens is 2. The molecular weight excluding hydrogens is 303 g/mol. The van der Waals surface area contributed by atoms with Crippen molar-refractivity contribution in [3.63, 3.8) is 0 Å². The van der Waals surface area contributed by atoms with Gasteiger partial charge >= 0.3 is 6.09 Å². The molecule has 0 radical (unpaired) electrons. The Morgan fingerprint density at radius 3 is 2.40 bits per heavy atom. The third-order valence-electron chi connectivity index (χ3n) is 3.32. The number of rotatable bonds is 2.